The van der Waals surface area contributed by atoms with Crippen molar-refractivity contribution in [1.82, 2.24) is 0 Å². The van der Waals surface area contributed by atoms with Crippen LogP contribution in [0, 0.1) is 17.8 Å². The Morgan fingerprint density at radius 3 is 2.89 bits per heavy atom. The molecule has 0 radical (unpaired) electrons. The molecule has 2 heteroatoms. The highest BCUT2D eigenvalue weighted by molar-refractivity contribution is 7.99. The van der Waals surface area contributed by atoms with Gasteiger partial charge in [0.05, 0.1) is 6.10 Å². The fourth-order valence-electron chi connectivity index (χ4n) is 3.65. The summed E-state index contributed by atoms with van der Waals surface area (Å²) in [6.45, 7) is 9.93. The Kier molecular flexibility index (Phi) is 5.58. The van der Waals surface area contributed by atoms with E-state index in [2.05, 4.69) is 38.8 Å². The first kappa shape index (κ1) is 15.2. The normalized spacial score (nSPS) is 39.2. The zero-order valence-corrected chi connectivity index (χ0v) is 13.4. The molecule has 0 aromatic heterocycles. The molecule has 0 aromatic rings. The van der Waals surface area contributed by atoms with Crippen molar-refractivity contribution in [2.75, 3.05) is 12.9 Å². The molecule has 2 aliphatic rings. The molecular formula is C17H28OS. The van der Waals surface area contributed by atoms with E-state index >= 15 is 0 Å². The topological polar surface area (TPSA) is 9.23 Å². The molecule has 1 fully saturated rings. The molecule has 0 spiro atoms. The smallest absolute Gasteiger partial charge is 0.0807 e. The Morgan fingerprint density at radius 1 is 1.42 bits per heavy atom. The van der Waals surface area contributed by atoms with Crippen molar-refractivity contribution < 1.29 is 4.74 Å². The molecule has 1 nitrogen and oxygen atoms in total. The molecule has 1 aliphatic heterocycles. The van der Waals surface area contributed by atoms with Crippen molar-refractivity contribution in [2.45, 2.75) is 50.9 Å². The van der Waals surface area contributed by atoms with Crippen LogP contribution in [0.25, 0.3) is 0 Å². The summed E-state index contributed by atoms with van der Waals surface area (Å²) in [5.74, 6) is 2.07. The van der Waals surface area contributed by atoms with E-state index in [0.717, 1.165) is 24.2 Å². The summed E-state index contributed by atoms with van der Waals surface area (Å²) in [5, 5.41) is 0.737. The summed E-state index contributed by atoms with van der Waals surface area (Å²) < 4.78 is 5.96. The lowest BCUT2D eigenvalue weighted by Gasteiger charge is -2.36. The Labute approximate surface area is 122 Å². The first-order chi connectivity index (χ1) is 9.13. The highest BCUT2D eigenvalue weighted by Crippen LogP contribution is 2.38. The lowest BCUT2D eigenvalue weighted by molar-refractivity contribution is 0.000245. The molecule has 19 heavy (non-hydrogen) atoms. The van der Waals surface area contributed by atoms with E-state index in [0.29, 0.717) is 17.9 Å². The first-order valence-corrected chi connectivity index (χ1v) is 8.91. The number of ether oxygens (including phenoxy) is 1. The van der Waals surface area contributed by atoms with Crippen molar-refractivity contribution in [2.24, 2.45) is 17.8 Å². The Balaban J connectivity index is 1.95. The molecule has 0 bridgehead atoms. The van der Waals surface area contributed by atoms with Crippen LogP contribution in [0.1, 0.15) is 39.5 Å². The maximum absolute atomic E-state index is 5.96. The quantitative estimate of drug-likeness (QED) is 0.691. The standard InChI is InChI=1S/C17H28OS/c1-12-8-6-10-18-16(12)14(3)11-15-9-5-7-13(2)17(15)19-4/h5,7,12-13,15-17H,3,6,8-11H2,1-2,4H3. The number of rotatable bonds is 4. The van der Waals surface area contributed by atoms with Gasteiger partial charge in [-0.05, 0) is 55.3 Å². The van der Waals surface area contributed by atoms with Crippen molar-refractivity contribution in [3.8, 4) is 0 Å². The van der Waals surface area contributed by atoms with Gasteiger partial charge in [0.25, 0.3) is 0 Å². The van der Waals surface area contributed by atoms with Gasteiger partial charge in [0.2, 0.25) is 0 Å². The molecule has 5 unspecified atom stereocenters. The minimum atomic E-state index is 0.303. The van der Waals surface area contributed by atoms with Crippen molar-refractivity contribution in [3.05, 3.63) is 24.3 Å². The second-order valence-electron chi connectivity index (χ2n) is 6.26. The maximum Gasteiger partial charge on any atom is 0.0807 e. The number of hydrogen-bond donors (Lipinski definition) is 0. The van der Waals surface area contributed by atoms with Gasteiger partial charge in [-0.15, -0.1) is 0 Å². The molecule has 108 valence electrons. The molecule has 0 saturated carbocycles. The average Bonchev–Trinajstić information content (AvgIpc) is 2.39. The fourth-order valence-corrected chi connectivity index (χ4v) is 4.76. The summed E-state index contributed by atoms with van der Waals surface area (Å²) in [5.41, 5.74) is 1.33. The number of thioether (sulfide) groups is 1. The Bertz CT molecular complexity index is 336. The molecule has 0 amide bonds. The van der Waals surface area contributed by atoms with Gasteiger partial charge in [0, 0.05) is 11.9 Å². The molecule has 0 aromatic carbocycles. The zero-order valence-electron chi connectivity index (χ0n) is 12.6. The van der Waals surface area contributed by atoms with Crippen molar-refractivity contribution in [3.63, 3.8) is 0 Å². The summed E-state index contributed by atoms with van der Waals surface area (Å²) in [4.78, 5) is 0. The second kappa shape index (κ2) is 6.99. The Hall–Kier alpha value is -0.210. The molecule has 5 atom stereocenters. The summed E-state index contributed by atoms with van der Waals surface area (Å²) >= 11 is 2.02. The van der Waals surface area contributed by atoms with E-state index < -0.39 is 0 Å². The van der Waals surface area contributed by atoms with Crippen LogP contribution in [-0.2, 0) is 4.74 Å². The predicted molar refractivity (Wildman–Crippen MR) is 85.6 cm³/mol. The number of hydrogen-bond acceptors (Lipinski definition) is 2. The third kappa shape index (κ3) is 3.66. The maximum atomic E-state index is 5.96. The third-order valence-corrected chi connectivity index (χ3v) is 6.04. The van der Waals surface area contributed by atoms with Crippen LogP contribution in [0.4, 0.5) is 0 Å². The zero-order chi connectivity index (χ0) is 13.8. The van der Waals surface area contributed by atoms with E-state index in [9.17, 15) is 0 Å². The largest absolute Gasteiger partial charge is 0.374 e. The van der Waals surface area contributed by atoms with E-state index in [1.54, 1.807) is 0 Å². The van der Waals surface area contributed by atoms with Gasteiger partial charge >= 0.3 is 0 Å². The second-order valence-corrected chi connectivity index (χ2v) is 7.27. The van der Waals surface area contributed by atoms with Gasteiger partial charge in [0.1, 0.15) is 0 Å². The van der Waals surface area contributed by atoms with Crippen LogP contribution in [0.2, 0.25) is 0 Å². The lowest BCUT2D eigenvalue weighted by atomic mass is 9.80. The van der Waals surface area contributed by atoms with E-state index in [1.165, 1.54) is 24.8 Å². The van der Waals surface area contributed by atoms with Gasteiger partial charge in [-0.3, -0.25) is 0 Å². The summed E-state index contributed by atoms with van der Waals surface area (Å²) in [6.07, 6.45) is 12.1. The summed E-state index contributed by atoms with van der Waals surface area (Å²) in [6, 6.07) is 0. The third-order valence-electron chi connectivity index (χ3n) is 4.68. The molecular weight excluding hydrogens is 252 g/mol. The Morgan fingerprint density at radius 2 is 2.21 bits per heavy atom. The lowest BCUT2D eigenvalue weighted by Crippen LogP contribution is -2.32. The monoisotopic (exact) mass is 280 g/mol. The van der Waals surface area contributed by atoms with Crippen LogP contribution in [0.3, 0.4) is 0 Å². The first-order valence-electron chi connectivity index (χ1n) is 7.62. The van der Waals surface area contributed by atoms with Crippen LogP contribution >= 0.6 is 11.8 Å². The molecule has 0 N–H and O–H groups in total. The molecule has 1 aliphatic carbocycles. The van der Waals surface area contributed by atoms with Gasteiger partial charge < -0.3 is 4.74 Å². The fraction of sp³-hybridized carbons (Fsp3) is 0.765. The molecule has 1 heterocycles. The van der Waals surface area contributed by atoms with E-state index in [4.69, 9.17) is 4.74 Å². The van der Waals surface area contributed by atoms with Gasteiger partial charge in [-0.1, -0.05) is 32.6 Å². The minimum absolute atomic E-state index is 0.303. The highest BCUT2D eigenvalue weighted by Gasteiger charge is 2.31. The molecule has 2 rings (SSSR count). The van der Waals surface area contributed by atoms with Gasteiger partial charge in [-0.2, -0.15) is 11.8 Å². The van der Waals surface area contributed by atoms with Gasteiger partial charge in [0.15, 0.2) is 0 Å². The molecule has 1 saturated heterocycles. The average molecular weight is 280 g/mol. The van der Waals surface area contributed by atoms with Crippen molar-refractivity contribution in [1.29, 1.82) is 0 Å². The van der Waals surface area contributed by atoms with E-state index in [1.807, 2.05) is 11.8 Å². The van der Waals surface area contributed by atoms with Crippen LogP contribution in [0.15, 0.2) is 24.3 Å². The van der Waals surface area contributed by atoms with Crippen molar-refractivity contribution >= 4 is 11.8 Å². The SMILES string of the molecule is C=C(CC1CC=CC(C)C1SC)C1OCCCC1C. The predicted octanol–water partition coefficient (Wildman–Crippen LogP) is 4.69. The van der Waals surface area contributed by atoms with Crippen LogP contribution < -0.4 is 0 Å². The van der Waals surface area contributed by atoms with Crippen LogP contribution in [-0.4, -0.2) is 24.2 Å². The minimum Gasteiger partial charge on any atom is -0.374 e. The highest BCUT2D eigenvalue weighted by atomic mass is 32.2. The summed E-state index contributed by atoms with van der Waals surface area (Å²) in [7, 11) is 0. The van der Waals surface area contributed by atoms with E-state index in [-0.39, 0.29) is 0 Å². The van der Waals surface area contributed by atoms with Crippen LogP contribution in [0.5, 0.6) is 0 Å². The number of allylic oxidation sites excluding steroid dienone is 2. The van der Waals surface area contributed by atoms with Gasteiger partial charge in [-0.25, -0.2) is 0 Å².